The number of Topliss-reactive ketones (excluding diaryl/α,β-unsaturated/α-hetero) is 1. The maximum Gasteiger partial charge on any atom is 0.341 e. The summed E-state index contributed by atoms with van der Waals surface area (Å²) in [5.41, 5.74) is 7.77. The second kappa shape index (κ2) is 8.70. The molecule has 7 heteroatoms. The van der Waals surface area contributed by atoms with E-state index in [0.29, 0.717) is 17.7 Å². The number of amides is 1. The van der Waals surface area contributed by atoms with E-state index in [9.17, 15) is 9.59 Å². The first-order chi connectivity index (χ1) is 18.8. The molecule has 2 spiro atoms. The first kappa shape index (κ1) is 27.1. The number of nitrogens with zero attached hydrogens (tertiary/aromatic N) is 1. The van der Waals surface area contributed by atoms with Crippen molar-refractivity contribution in [3.8, 4) is 0 Å². The summed E-state index contributed by atoms with van der Waals surface area (Å²) in [7, 11) is 0. The van der Waals surface area contributed by atoms with Crippen molar-refractivity contribution in [3.05, 3.63) is 51.6 Å². The van der Waals surface area contributed by atoms with Crippen molar-refractivity contribution < 1.29 is 23.9 Å². The summed E-state index contributed by atoms with van der Waals surface area (Å²) in [4.78, 5) is 45.5. The van der Waals surface area contributed by atoms with Gasteiger partial charge in [-0.3, -0.25) is 9.59 Å². The molecule has 7 nitrogen and oxygen atoms in total. The van der Waals surface area contributed by atoms with Gasteiger partial charge in [0.15, 0.2) is 5.78 Å². The van der Waals surface area contributed by atoms with Crippen molar-refractivity contribution in [1.82, 2.24) is 0 Å². The Hall–Kier alpha value is -3.09. The maximum absolute atomic E-state index is 15.5. The van der Waals surface area contributed by atoms with Crippen LogP contribution in [-0.4, -0.2) is 29.8 Å². The van der Waals surface area contributed by atoms with Crippen LogP contribution in [0.15, 0.2) is 34.9 Å². The van der Waals surface area contributed by atoms with E-state index >= 15 is 4.79 Å². The molecule has 2 aliphatic carbocycles. The Kier molecular flexibility index (Phi) is 5.90. The highest BCUT2D eigenvalue weighted by Gasteiger charge is 2.69. The predicted molar refractivity (Wildman–Crippen MR) is 152 cm³/mol. The van der Waals surface area contributed by atoms with E-state index in [1.165, 1.54) is 0 Å². The fraction of sp³-hybridized carbons (Fsp3) is 0.606. The molecule has 2 N–H and O–H groups in total. The second-order valence-corrected chi connectivity index (χ2v) is 14.1. The van der Waals surface area contributed by atoms with E-state index in [1.54, 1.807) is 6.92 Å². The van der Waals surface area contributed by atoms with Crippen LogP contribution in [0.3, 0.4) is 0 Å². The normalized spacial score (nSPS) is 27.9. The number of fused-ring (bicyclic) bond motifs is 3. The van der Waals surface area contributed by atoms with E-state index in [0.717, 1.165) is 61.8 Å². The molecule has 3 aliphatic heterocycles. The maximum atomic E-state index is 15.5. The number of anilines is 1. The van der Waals surface area contributed by atoms with Gasteiger partial charge in [-0.15, -0.1) is 0 Å². The van der Waals surface area contributed by atoms with Gasteiger partial charge in [-0.05, 0) is 49.5 Å². The highest BCUT2D eigenvalue weighted by molar-refractivity contribution is 6.24. The zero-order chi connectivity index (χ0) is 28.8. The van der Waals surface area contributed by atoms with Crippen LogP contribution in [-0.2, 0) is 34.7 Å². The van der Waals surface area contributed by atoms with Crippen LogP contribution in [0.4, 0.5) is 5.69 Å². The Bertz CT molecular complexity index is 1410. The van der Waals surface area contributed by atoms with Crippen LogP contribution in [0, 0.1) is 12.3 Å². The first-order valence-corrected chi connectivity index (χ1v) is 14.9. The summed E-state index contributed by atoms with van der Waals surface area (Å²) < 4.78 is 11.7. The van der Waals surface area contributed by atoms with Crippen molar-refractivity contribution in [1.29, 1.82) is 0 Å². The molecular formula is C33H42N2O5. The third-order valence-electron chi connectivity index (χ3n) is 9.96. The van der Waals surface area contributed by atoms with Crippen molar-refractivity contribution in [2.75, 3.05) is 11.5 Å². The van der Waals surface area contributed by atoms with Gasteiger partial charge in [-0.25, -0.2) is 4.79 Å². The quantitative estimate of drug-likeness (QED) is 0.474. The van der Waals surface area contributed by atoms with Crippen molar-refractivity contribution in [2.24, 2.45) is 11.1 Å². The number of rotatable bonds is 2. The number of hydrogen-bond donors (Lipinski definition) is 1. The van der Waals surface area contributed by atoms with Crippen LogP contribution >= 0.6 is 0 Å². The SMILES string of the molecule is CCOC(=O)C1=C(N)OC2=C(C(=O)CC(C)(C)C2)C12C(=O)N1c3c(cc(C)cc32)C(C)(C)CC12CCCCCC2. The molecular weight excluding hydrogens is 504 g/mol. The first-order valence-electron chi connectivity index (χ1n) is 14.9. The van der Waals surface area contributed by atoms with Crippen molar-refractivity contribution in [2.45, 2.75) is 116 Å². The molecule has 0 saturated heterocycles. The molecule has 1 saturated carbocycles. The number of aryl methyl sites for hydroxylation is 1. The van der Waals surface area contributed by atoms with Crippen molar-refractivity contribution in [3.63, 3.8) is 0 Å². The summed E-state index contributed by atoms with van der Waals surface area (Å²) in [6, 6.07) is 4.18. The van der Waals surface area contributed by atoms with Crippen LogP contribution in [0.25, 0.3) is 0 Å². The summed E-state index contributed by atoms with van der Waals surface area (Å²) in [5, 5.41) is 0. The minimum absolute atomic E-state index is 0.0464. The molecule has 0 radical (unpaired) electrons. The summed E-state index contributed by atoms with van der Waals surface area (Å²) in [5.74, 6) is -0.855. The predicted octanol–water partition coefficient (Wildman–Crippen LogP) is 5.76. The molecule has 1 unspecified atom stereocenters. The van der Waals surface area contributed by atoms with Gasteiger partial charge in [0, 0.05) is 23.9 Å². The third-order valence-corrected chi connectivity index (χ3v) is 9.96. The molecule has 3 heterocycles. The number of allylic oxidation sites excluding steroid dienone is 1. The monoisotopic (exact) mass is 546 g/mol. The van der Waals surface area contributed by atoms with Crippen molar-refractivity contribution >= 4 is 23.3 Å². The Labute approximate surface area is 237 Å². The highest BCUT2D eigenvalue weighted by Crippen LogP contribution is 2.64. The number of carbonyl (C=O) groups is 3. The molecule has 5 aliphatic rings. The Balaban J connectivity index is 1.74. The largest absolute Gasteiger partial charge is 0.462 e. The summed E-state index contributed by atoms with van der Waals surface area (Å²) >= 11 is 0. The molecule has 1 atom stereocenters. The number of esters is 1. The number of nitrogens with two attached hydrogens (primary N) is 1. The lowest BCUT2D eigenvalue weighted by molar-refractivity contribution is -0.141. The van der Waals surface area contributed by atoms with E-state index < -0.39 is 16.9 Å². The summed E-state index contributed by atoms with van der Waals surface area (Å²) in [6.07, 6.45) is 7.67. The average Bonchev–Trinajstić information content (AvgIpc) is 2.96. The zero-order valence-corrected chi connectivity index (χ0v) is 24.8. The molecule has 0 bridgehead atoms. The van der Waals surface area contributed by atoms with Gasteiger partial charge in [-0.2, -0.15) is 0 Å². The Morgan fingerprint density at radius 3 is 2.33 bits per heavy atom. The topological polar surface area (TPSA) is 98.9 Å². The molecule has 40 heavy (non-hydrogen) atoms. The Morgan fingerprint density at radius 2 is 1.68 bits per heavy atom. The lowest BCUT2D eigenvalue weighted by Gasteiger charge is -2.52. The van der Waals surface area contributed by atoms with E-state index in [4.69, 9.17) is 15.2 Å². The van der Waals surface area contributed by atoms with E-state index in [-0.39, 0.29) is 52.6 Å². The number of benzene rings is 1. The highest BCUT2D eigenvalue weighted by atomic mass is 16.5. The van der Waals surface area contributed by atoms with Crippen LogP contribution < -0.4 is 10.6 Å². The van der Waals surface area contributed by atoms with Gasteiger partial charge in [-0.1, -0.05) is 71.1 Å². The van der Waals surface area contributed by atoms with Gasteiger partial charge in [0.2, 0.25) is 11.8 Å². The van der Waals surface area contributed by atoms with E-state index in [1.807, 2.05) is 31.7 Å². The number of ketones is 1. The number of ether oxygens (including phenoxy) is 2. The molecule has 6 rings (SSSR count). The Morgan fingerprint density at radius 1 is 1.02 bits per heavy atom. The number of carbonyl (C=O) groups excluding carboxylic acids is 3. The van der Waals surface area contributed by atoms with Gasteiger partial charge >= 0.3 is 5.97 Å². The number of hydrogen-bond acceptors (Lipinski definition) is 6. The minimum Gasteiger partial charge on any atom is -0.462 e. The molecule has 214 valence electrons. The molecule has 0 aromatic heterocycles. The smallest absolute Gasteiger partial charge is 0.341 e. The van der Waals surface area contributed by atoms with Crippen LogP contribution in [0.2, 0.25) is 0 Å². The molecule has 1 aromatic carbocycles. The van der Waals surface area contributed by atoms with Crippen LogP contribution in [0.1, 0.15) is 109 Å². The van der Waals surface area contributed by atoms with E-state index in [2.05, 4.69) is 19.9 Å². The fourth-order valence-electron chi connectivity index (χ4n) is 8.65. The molecule has 1 aromatic rings. The summed E-state index contributed by atoms with van der Waals surface area (Å²) in [6.45, 7) is 12.4. The van der Waals surface area contributed by atoms with Gasteiger partial charge < -0.3 is 20.1 Å². The van der Waals surface area contributed by atoms with Crippen LogP contribution in [0.5, 0.6) is 0 Å². The molecule has 1 amide bonds. The lowest BCUT2D eigenvalue weighted by Crippen LogP contribution is -2.60. The third kappa shape index (κ3) is 3.51. The lowest BCUT2D eigenvalue weighted by atomic mass is 9.61. The minimum atomic E-state index is -1.69. The fourth-order valence-corrected chi connectivity index (χ4v) is 8.65. The standard InChI is InChI=1S/C33H42N2O5/c1-7-39-28(37)25-27(34)40-23-17-30(3,4)16-22(36)24(23)33(25)21-15-19(2)14-20-26(21)35(29(33)38)32(18-31(20,5)6)12-10-8-9-11-13-32/h14-15H,7-13,16-18,34H2,1-6H3. The average molecular weight is 547 g/mol. The van der Waals surface area contributed by atoms with Gasteiger partial charge in [0.1, 0.15) is 16.7 Å². The molecule has 1 fully saturated rings. The zero-order valence-electron chi connectivity index (χ0n) is 24.8. The van der Waals surface area contributed by atoms with Gasteiger partial charge in [0.05, 0.1) is 17.9 Å². The van der Waals surface area contributed by atoms with Gasteiger partial charge in [0.25, 0.3) is 0 Å². The second-order valence-electron chi connectivity index (χ2n) is 14.1.